The maximum absolute atomic E-state index is 14.3. The summed E-state index contributed by atoms with van der Waals surface area (Å²) in [5, 5.41) is 16.4. The van der Waals surface area contributed by atoms with Crippen LogP contribution < -0.4 is 0 Å². The summed E-state index contributed by atoms with van der Waals surface area (Å²) in [7, 11) is 5.60. The molecule has 1 radical (unpaired) electrons. The van der Waals surface area contributed by atoms with Gasteiger partial charge < -0.3 is 48.1 Å². The van der Waals surface area contributed by atoms with E-state index in [1.54, 1.807) is 21.0 Å². The van der Waals surface area contributed by atoms with Gasteiger partial charge in [-0.05, 0) is 67.0 Å². The maximum Gasteiger partial charge on any atom is 0.186 e. The monoisotopic (exact) mass is 954 g/mol. The van der Waals surface area contributed by atoms with Crippen LogP contribution in [-0.2, 0) is 96.6 Å². The maximum atomic E-state index is 14.3. The largest absolute Gasteiger partial charge is 0.481 e. The number of ketones is 1. The number of aliphatic hydroxyl groups is 1. The minimum absolute atomic E-state index is 0. The molecule has 0 saturated carbocycles. The molecule has 1 N–H and O–H groups in total. The van der Waals surface area contributed by atoms with Gasteiger partial charge in [0.1, 0.15) is 30.1 Å². The van der Waals surface area contributed by atoms with Crippen LogP contribution in [0.25, 0.3) is 0 Å². The molecular weight excluding hydrogens is 893 g/mol. The summed E-state index contributed by atoms with van der Waals surface area (Å²) in [5.74, 6) is -2.82. The first-order valence-corrected chi connectivity index (χ1v) is 17.4. The van der Waals surface area contributed by atoms with Crippen molar-refractivity contribution in [2.45, 2.75) is 136 Å². The van der Waals surface area contributed by atoms with Gasteiger partial charge in [0, 0.05) is 84.5 Å². The topological polar surface area (TPSA) is 135 Å². The van der Waals surface area contributed by atoms with Gasteiger partial charge in [-0.15, -0.1) is 0 Å². The number of nitrogens with zero attached hydrogens (tertiary/aromatic N) is 2. The number of Topliss-reactive ketones (excluding diaryl/α,β-unsaturated/α-hetero) is 1. The molecule has 50 heavy (non-hydrogen) atoms. The van der Waals surface area contributed by atoms with Gasteiger partial charge in [0.05, 0.1) is 37.1 Å². The van der Waals surface area contributed by atoms with Crippen LogP contribution in [0, 0.1) is 23.7 Å². The summed E-state index contributed by atoms with van der Waals surface area (Å²) in [6, 6.07) is -0.0184. The van der Waals surface area contributed by atoms with Crippen LogP contribution in [0.15, 0.2) is 17.3 Å². The number of fused-ring (bicyclic) bond motifs is 5. The number of oxime groups is 1. The standard InChI is InChI=1S/C36H61N2O10.W.Y/c1-14-28-36(10,41)32-23(6)22(5)20(3)17-35(9,44-19-26(18-43-32)37-45-15-2)31(24(7)29(39)25(8)33(40)47-28)48-34-30(42-13)27(38(11)12)16-21(4)46-34;;/h20-21,23-24,27-28,30-32,34,41H,5,14-19H2,1-4,6-13H3;;/q-1;;/b37-26+;;/t20-,21-,23+,24+,27+,28-,30-,31-,32-,34+,35-,36-;;/m1../s1. The second-order valence-corrected chi connectivity index (χ2v) is 14.5. The number of methoxy groups -OCH3 is 1. The Labute approximate surface area is 339 Å². The van der Waals surface area contributed by atoms with Gasteiger partial charge in [0.25, 0.3) is 0 Å². The Hall–Kier alpha value is -0.268. The molecule has 3 fully saturated rings. The molecule has 14 heteroatoms. The van der Waals surface area contributed by atoms with E-state index in [1.807, 2.05) is 55.6 Å². The number of carbonyl (C=O) groups excluding carboxylic acids is 2. The van der Waals surface area contributed by atoms with E-state index < -0.39 is 59.6 Å². The summed E-state index contributed by atoms with van der Waals surface area (Å²) in [6.07, 6.45) is -2.86. The molecule has 3 heterocycles. The number of hydrogen-bond donors (Lipinski definition) is 1. The Balaban J connectivity index is 0.00000625. The molecule has 0 aromatic heterocycles. The molecule has 3 aliphatic rings. The normalized spacial score (nSPS) is 40.2. The fourth-order valence-corrected chi connectivity index (χ4v) is 7.57. The van der Waals surface area contributed by atoms with Crippen LogP contribution >= 0.6 is 0 Å². The van der Waals surface area contributed by atoms with E-state index in [2.05, 4.69) is 16.6 Å². The van der Waals surface area contributed by atoms with Crippen LogP contribution in [0.5, 0.6) is 0 Å². The first-order valence-electron chi connectivity index (χ1n) is 17.4. The summed E-state index contributed by atoms with van der Waals surface area (Å²) in [5.41, 5.74) is -1.55. The summed E-state index contributed by atoms with van der Waals surface area (Å²) in [4.78, 5) is 35.4. The SMILES string of the molecule is C=C1[C@H](C)C[C@@]2(C)OC/C(=N/OCC)CO[C@H]([C@H]1C)[C@](C)(O)[C@@H](CC)OC(=O)[C-](C)C(=O)[C@H](C)[C@H]2O[C@@H]1O[C@H](C)C[C@H](N(C)C)[C@H]1OC.[W].[Y]. The zero-order chi connectivity index (χ0) is 36.1. The number of hydrogen-bond acceptors (Lipinski definition) is 12. The van der Waals surface area contributed by atoms with Crippen LogP contribution in [0.3, 0.4) is 0 Å². The fraction of sp³-hybridized carbons (Fsp3) is 0.833. The molecule has 0 aromatic rings. The van der Waals surface area contributed by atoms with Crippen molar-refractivity contribution in [3.8, 4) is 0 Å². The molecule has 3 saturated heterocycles. The van der Waals surface area contributed by atoms with E-state index in [0.717, 1.165) is 12.0 Å². The molecule has 3 aliphatic heterocycles. The Kier molecular flexibility index (Phi) is 19.5. The predicted octanol–water partition coefficient (Wildman–Crippen LogP) is 4.12. The molecule has 2 bridgehead atoms. The molecule has 12 atom stereocenters. The molecule has 0 amide bonds. The van der Waals surface area contributed by atoms with E-state index in [4.69, 9.17) is 33.3 Å². The summed E-state index contributed by atoms with van der Waals surface area (Å²) in [6.45, 7) is 21.1. The van der Waals surface area contributed by atoms with Crippen molar-refractivity contribution in [2.75, 3.05) is 41.0 Å². The van der Waals surface area contributed by atoms with Crippen LogP contribution in [0.2, 0.25) is 0 Å². The van der Waals surface area contributed by atoms with Crippen LogP contribution in [0.4, 0.5) is 0 Å². The third kappa shape index (κ3) is 10.9. The second kappa shape index (κ2) is 20.4. The van der Waals surface area contributed by atoms with Gasteiger partial charge in [-0.1, -0.05) is 45.0 Å². The number of carbonyl (C=O) groups is 2. The van der Waals surface area contributed by atoms with E-state index in [9.17, 15) is 14.7 Å². The van der Waals surface area contributed by atoms with Crippen LogP contribution in [0.1, 0.15) is 81.6 Å². The van der Waals surface area contributed by atoms with E-state index in [1.165, 1.54) is 6.92 Å². The quantitative estimate of drug-likeness (QED) is 0.171. The Bertz CT molecular complexity index is 1160. The van der Waals surface area contributed by atoms with Crippen molar-refractivity contribution in [1.29, 1.82) is 0 Å². The zero-order valence-corrected chi connectivity index (χ0v) is 38.0. The molecule has 0 unspecified atom stereocenters. The molecule has 3 rings (SSSR count). The van der Waals surface area contributed by atoms with Crippen molar-refractivity contribution in [3.63, 3.8) is 0 Å². The number of likely N-dealkylation sites (N-methyl/N-ethyl adjacent to an activating group) is 1. The average molecular weight is 955 g/mol. The number of esters is 1. The van der Waals surface area contributed by atoms with Gasteiger partial charge in [-0.25, -0.2) is 5.92 Å². The summed E-state index contributed by atoms with van der Waals surface area (Å²) >= 11 is 0. The second-order valence-electron chi connectivity index (χ2n) is 14.5. The Morgan fingerprint density at radius 3 is 2.30 bits per heavy atom. The van der Waals surface area contributed by atoms with E-state index in [0.29, 0.717) is 18.7 Å². The molecule has 0 spiro atoms. The van der Waals surface area contributed by atoms with Crippen molar-refractivity contribution in [3.05, 3.63) is 18.1 Å². The van der Waals surface area contributed by atoms with Gasteiger partial charge in [-0.3, -0.25) is 4.79 Å². The molecule has 12 nitrogen and oxygen atoms in total. The molecule has 285 valence electrons. The number of ether oxygens (including phenoxy) is 6. The van der Waals surface area contributed by atoms with Crippen molar-refractivity contribution >= 4 is 17.5 Å². The van der Waals surface area contributed by atoms with Gasteiger partial charge in [0.2, 0.25) is 0 Å². The molecule has 0 aliphatic carbocycles. The smallest absolute Gasteiger partial charge is 0.186 e. The minimum Gasteiger partial charge on any atom is -0.481 e. The van der Waals surface area contributed by atoms with Crippen molar-refractivity contribution in [2.24, 2.45) is 22.9 Å². The van der Waals surface area contributed by atoms with E-state index in [-0.39, 0.29) is 103 Å². The Morgan fingerprint density at radius 2 is 1.74 bits per heavy atom. The molecule has 0 aromatic carbocycles. The number of rotatable bonds is 7. The number of cyclic esters (lactones) is 1. The average Bonchev–Trinajstić information content (AvgIpc) is 3.05. The fourth-order valence-electron chi connectivity index (χ4n) is 7.57. The van der Waals surface area contributed by atoms with E-state index >= 15 is 0 Å². The third-order valence-electron chi connectivity index (χ3n) is 10.5. The van der Waals surface area contributed by atoms with Crippen molar-refractivity contribution in [1.82, 2.24) is 4.90 Å². The van der Waals surface area contributed by atoms with Crippen LogP contribution in [-0.4, -0.2) is 123 Å². The Morgan fingerprint density at radius 1 is 1.10 bits per heavy atom. The van der Waals surface area contributed by atoms with Gasteiger partial charge >= 0.3 is 0 Å². The third-order valence-corrected chi connectivity index (χ3v) is 10.5. The first kappa shape index (κ1) is 47.8. The predicted molar refractivity (Wildman–Crippen MR) is 181 cm³/mol. The zero-order valence-electron chi connectivity index (χ0n) is 32.2. The first-order chi connectivity index (χ1) is 22.4. The van der Waals surface area contributed by atoms with Crippen molar-refractivity contribution < 1.29 is 102 Å². The van der Waals surface area contributed by atoms with Gasteiger partial charge in [0.15, 0.2) is 12.3 Å². The minimum atomic E-state index is -1.65. The summed E-state index contributed by atoms with van der Waals surface area (Å²) < 4.78 is 38.4. The molecular formula is C36H61N2O10WY-. The van der Waals surface area contributed by atoms with Gasteiger partial charge in [-0.2, -0.15) is 6.92 Å².